The number of aliphatic hydroxyl groups is 1. The van der Waals surface area contributed by atoms with Gasteiger partial charge in [-0.15, -0.1) is 0 Å². The van der Waals surface area contributed by atoms with E-state index in [1.165, 1.54) is 0 Å². The van der Waals surface area contributed by atoms with Crippen molar-refractivity contribution in [2.75, 3.05) is 39.8 Å². The summed E-state index contributed by atoms with van der Waals surface area (Å²) in [5.74, 6) is 0.661. The molecule has 1 unspecified atom stereocenters. The largest absolute Gasteiger partial charge is 0.496 e. The molecule has 20 heavy (non-hydrogen) atoms. The molecule has 0 spiro atoms. The highest BCUT2D eigenvalue weighted by molar-refractivity contribution is 6.31. The molecule has 4 nitrogen and oxygen atoms in total. The van der Waals surface area contributed by atoms with E-state index in [9.17, 15) is 5.11 Å². The fourth-order valence-electron chi connectivity index (χ4n) is 2.52. The standard InChI is InChI=1S/C15H23ClN2O2/c1-11-9-12(15(20-2)10-13(11)16)14(19)3-6-18-7-4-17-5-8-18/h9-10,14,17,19H,3-8H2,1-2H3. The van der Waals surface area contributed by atoms with E-state index in [0.29, 0.717) is 17.2 Å². The summed E-state index contributed by atoms with van der Waals surface area (Å²) >= 11 is 6.09. The first-order chi connectivity index (χ1) is 9.61. The zero-order valence-electron chi connectivity index (χ0n) is 12.2. The van der Waals surface area contributed by atoms with Gasteiger partial charge in [-0.05, 0) is 31.0 Å². The molecular weight excluding hydrogens is 276 g/mol. The molecule has 1 aliphatic rings. The van der Waals surface area contributed by atoms with Gasteiger partial charge < -0.3 is 20.1 Å². The lowest BCUT2D eigenvalue weighted by atomic mass is 10.0. The average molecular weight is 299 g/mol. The molecule has 112 valence electrons. The molecular formula is C15H23ClN2O2. The van der Waals surface area contributed by atoms with Crippen LogP contribution in [0.5, 0.6) is 5.75 Å². The van der Waals surface area contributed by atoms with Crippen LogP contribution < -0.4 is 10.1 Å². The second-order valence-corrected chi connectivity index (χ2v) is 5.65. The van der Waals surface area contributed by atoms with Gasteiger partial charge >= 0.3 is 0 Å². The molecule has 5 heteroatoms. The number of benzene rings is 1. The van der Waals surface area contributed by atoms with Crippen LogP contribution in [0, 0.1) is 6.92 Å². The van der Waals surface area contributed by atoms with Crippen LogP contribution in [-0.2, 0) is 0 Å². The van der Waals surface area contributed by atoms with Gasteiger partial charge in [-0.25, -0.2) is 0 Å². The van der Waals surface area contributed by atoms with E-state index < -0.39 is 6.10 Å². The maximum atomic E-state index is 10.4. The number of halogens is 1. The summed E-state index contributed by atoms with van der Waals surface area (Å²) in [7, 11) is 1.60. The molecule has 1 atom stereocenters. The lowest BCUT2D eigenvalue weighted by molar-refractivity contribution is 0.134. The van der Waals surface area contributed by atoms with Crippen molar-refractivity contribution in [3.8, 4) is 5.75 Å². The van der Waals surface area contributed by atoms with Crippen molar-refractivity contribution in [3.63, 3.8) is 0 Å². The zero-order valence-corrected chi connectivity index (χ0v) is 12.9. The van der Waals surface area contributed by atoms with Gasteiger partial charge in [0.15, 0.2) is 0 Å². The van der Waals surface area contributed by atoms with Crippen molar-refractivity contribution in [2.45, 2.75) is 19.4 Å². The summed E-state index contributed by atoms with van der Waals surface area (Å²) in [6, 6.07) is 3.70. The molecule has 0 radical (unpaired) electrons. The summed E-state index contributed by atoms with van der Waals surface area (Å²) in [6.07, 6.45) is 0.188. The van der Waals surface area contributed by atoms with Gasteiger partial charge in [0, 0.05) is 43.3 Å². The summed E-state index contributed by atoms with van der Waals surface area (Å²) in [4.78, 5) is 2.37. The van der Waals surface area contributed by atoms with Gasteiger partial charge in [0.1, 0.15) is 5.75 Å². The predicted molar refractivity (Wildman–Crippen MR) is 81.6 cm³/mol. The predicted octanol–water partition coefficient (Wildman–Crippen LogP) is 1.99. The molecule has 1 aliphatic heterocycles. The van der Waals surface area contributed by atoms with Gasteiger partial charge in [0.2, 0.25) is 0 Å². The maximum absolute atomic E-state index is 10.4. The molecule has 0 aromatic heterocycles. The van der Waals surface area contributed by atoms with Crippen molar-refractivity contribution in [2.24, 2.45) is 0 Å². The number of aryl methyl sites for hydroxylation is 1. The van der Waals surface area contributed by atoms with Crippen molar-refractivity contribution in [1.82, 2.24) is 10.2 Å². The second-order valence-electron chi connectivity index (χ2n) is 5.24. The van der Waals surface area contributed by atoms with E-state index in [0.717, 1.165) is 43.9 Å². The third kappa shape index (κ3) is 3.85. The summed E-state index contributed by atoms with van der Waals surface area (Å²) in [5, 5.41) is 14.4. The van der Waals surface area contributed by atoms with Gasteiger partial charge in [-0.3, -0.25) is 0 Å². The molecule has 1 heterocycles. The number of nitrogens with zero attached hydrogens (tertiary/aromatic N) is 1. The highest BCUT2D eigenvalue weighted by atomic mass is 35.5. The Bertz CT molecular complexity index is 448. The van der Waals surface area contributed by atoms with Crippen molar-refractivity contribution >= 4 is 11.6 Å². The van der Waals surface area contributed by atoms with Gasteiger partial charge in [-0.1, -0.05) is 11.6 Å². The Morgan fingerprint density at radius 2 is 2.10 bits per heavy atom. The fraction of sp³-hybridized carbons (Fsp3) is 0.600. The van der Waals surface area contributed by atoms with Crippen LogP contribution in [0.25, 0.3) is 0 Å². The van der Waals surface area contributed by atoms with Crippen LogP contribution in [0.3, 0.4) is 0 Å². The number of piperazine rings is 1. The van der Waals surface area contributed by atoms with Gasteiger partial charge in [-0.2, -0.15) is 0 Å². The summed E-state index contributed by atoms with van der Waals surface area (Å²) in [6.45, 7) is 6.98. The quantitative estimate of drug-likeness (QED) is 0.872. The lowest BCUT2D eigenvalue weighted by Gasteiger charge is -2.28. The van der Waals surface area contributed by atoms with Crippen LogP contribution in [0.15, 0.2) is 12.1 Å². The minimum Gasteiger partial charge on any atom is -0.496 e. The van der Waals surface area contributed by atoms with Gasteiger partial charge in [0.25, 0.3) is 0 Å². The fourth-order valence-corrected chi connectivity index (χ4v) is 2.67. The number of ether oxygens (including phenoxy) is 1. The summed E-state index contributed by atoms with van der Waals surface area (Å²) in [5.41, 5.74) is 1.79. The minimum atomic E-state index is -0.518. The first kappa shape index (κ1) is 15.6. The minimum absolute atomic E-state index is 0.518. The molecule has 2 rings (SSSR count). The van der Waals surface area contributed by atoms with Gasteiger partial charge in [0.05, 0.1) is 13.2 Å². The van der Waals surface area contributed by atoms with E-state index in [1.54, 1.807) is 13.2 Å². The monoisotopic (exact) mass is 298 g/mol. The molecule has 1 aromatic rings. The molecule has 1 fully saturated rings. The maximum Gasteiger partial charge on any atom is 0.126 e. The van der Waals surface area contributed by atoms with Crippen molar-refractivity contribution in [3.05, 3.63) is 28.3 Å². The number of methoxy groups -OCH3 is 1. The molecule has 0 aliphatic carbocycles. The smallest absolute Gasteiger partial charge is 0.126 e. The van der Waals surface area contributed by atoms with E-state index in [4.69, 9.17) is 16.3 Å². The molecule has 0 saturated carbocycles. The Kier molecular flexibility index (Phi) is 5.66. The Morgan fingerprint density at radius 1 is 1.40 bits per heavy atom. The first-order valence-electron chi connectivity index (χ1n) is 7.07. The number of rotatable bonds is 5. The molecule has 0 bridgehead atoms. The zero-order chi connectivity index (χ0) is 14.5. The second kappa shape index (κ2) is 7.27. The molecule has 1 aromatic carbocycles. The van der Waals surface area contributed by atoms with E-state index in [2.05, 4.69) is 10.2 Å². The Morgan fingerprint density at radius 3 is 2.75 bits per heavy atom. The SMILES string of the molecule is COc1cc(Cl)c(C)cc1C(O)CCN1CCNCC1. The van der Waals surface area contributed by atoms with Crippen molar-refractivity contribution < 1.29 is 9.84 Å². The third-order valence-electron chi connectivity index (χ3n) is 3.80. The van der Waals surface area contributed by atoms with Crippen LogP contribution in [-0.4, -0.2) is 49.8 Å². The molecule has 1 saturated heterocycles. The molecule has 0 amide bonds. The highest BCUT2D eigenvalue weighted by Gasteiger charge is 2.17. The Labute approximate surface area is 125 Å². The number of aliphatic hydroxyl groups excluding tert-OH is 1. The summed E-state index contributed by atoms with van der Waals surface area (Å²) < 4.78 is 5.33. The number of hydrogen-bond acceptors (Lipinski definition) is 4. The normalized spacial score (nSPS) is 18.0. The number of hydrogen-bond donors (Lipinski definition) is 2. The van der Waals surface area contributed by atoms with Crippen LogP contribution in [0.4, 0.5) is 0 Å². The van der Waals surface area contributed by atoms with E-state index >= 15 is 0 Å². The topological polar surface area (TPSA) is 44.7 Å². The van der Waals surface area contributed by atoms with E-state index in [-0.39, 0.29) is 0 Å². The van der Waals surface area contributed by atoms with Crippen molar-refractivity contribution in [1.29, 1.82) is 0 Å². The Balaban J connectivity index is 2.00. The average Bonchev–Trinajstić information content (AvgIpc) is 2.48. The van der Waals surface area contributed by atoms with Crippen LogP contribution in [0.1, 0.15) is 23.7 Å². The third-order valence-corrected chi connectivity index (χ3v) is 4.21. The molecule has 2 N–H and O–H groups in total. The van der Waals surface area contributed by atoms with Crippen LogP contribution >= 0.6 is 11.6 Å². The Hall–Kier alpha value is -0.810. The first-order valence-corrected chi connectivity index (χ1v) is 7.44. The highest BCUT2D eigenvalue weighted by Crippen LogP contribution is 2.32. The number of nitrogens with one attached hydrogen (secondary N) is 1. The van der Waals surface area contributed by atoms with Crippen LogP contribution in [0.2, 0.25) is 5.02 Å². The van der Waals surface area contributed by atoms with E-state index in [1.807, 2.05) is 13.0 Å². The lowest BCUT2D eigenvalue weighted by Crippen LogP contribution is -2.44.